The van der Waals surface area contributed by atoms with Crippen LogP contribution >= 0.6 is 11.3 Å². The molecule has 0 unspecified atom stereocenters. The zero-order chi connectivity index (χ0) is 55.2. The average molecular weight is 1110 g/mol. The number of amides is 3. The highest BCUT2D eigenvalue weighted by molar-refractivity contribution is 7.73. The van der Waals surface area contributed by atoms with E-state index < -0.39 is 75.2 Å². The minimum absolute atomic E-state index is 0.00205. The van der Waals surface area contributed by atoms with Gasteiger partial charge in [-0.1, -0.05) is 69.3 Å². The number of aromatic amines is 1. The molecule has 6 aromatic rings. The van der Waals surface area contributed by atoms with E-state index in [1.165, 1.54) is 16.7 Å². The summed E-state index contributed by atoms with van der Waals surface area (Å²) >= 11 is 1.57. The number of aryl methyl sites for hydroxylation is 1. The Balaban J connectivity index is 0.676. The van der Waals surface area contributed by atoms with Crippen LogP contribution in [0.4, 0.5) is 18.9 Å². The van der Waals surface area contributed by atoms with Crippen LogP contribution in [-0.4, -0.2) is 155 Å². The van der Waals surface area contributed by atoms with Gasteiger partial charge >= 0.3 is 0 Å². The number of thiazole rings is 1. The summed E-state index contributed by atoms with van der Waals surface area (Å²) in [5, 5.41) is 18.0. The van der Waals surface area contributed by atoms with Crippen molar-refractivity contribution in [2.75, 3.05) is 63.3 Å². The van der Waals surface area contributed by atoms with Gasteiger partial charge in [-0.05, 0) is 78.1 Å². The van der Waals surface area contributed by atoms with Gasteiger partial charge in [0.15, 0.2) is 5.82 Å². The number of halogens is 3. The first-order chi connectivity index (χ1) is 37.3. The number of aliphatic hydroxyl groups excluding tert-OH is 1. The predicted molar refractivity (Wildman–Crippen MR) is 291 cm³/mol. The van der Waals surface area contributed by atoms with Gasteiger partial charge in [-0.25, -0.2) is 36.6 Å². The van der Waals surface area contributed by atoms with Gasteiger partial charge in [0.25, 0.3) is 0 Å². The molecule has 4 aliphatic heterocycles. The second-order valence-electron chi connectivity index (χ2n) is 22.1. The predicted octanol–water partition coefficient (Wildman–Crippen LogP) is 5.99. The lowest BCUT2D eigenvalue weighted by Gasteiger charge is -2.43. The maximum Gasteiger partial charge on any atom is 0.246 e. The van der Waals surface area contributed by atoms with Crippen LogP contribution in [0.5, 0.6) is 0 Å². The van der Waals surface area contributed by atoms with E-state index >= 15 is 8.78 Å². The molecule has 3 amide bonds. The molecule has 4 N–H and O–H groups in total. The zero-order valence-electron chi connectivity index (χ0n) is 43.8. The van der Waals surface area contributed by atoms with E-state index in [9.17, 15) is 37.1 Å². The number of pyridine rings is 1. The number of carbonyl (C=O) groups is 4. The third kappa shape index (κ3) is 11.6. The number of hydrogen-bond acceptors (Lipinski definition) is 13. The van der Waals surface area contributed by atoms with Crippen LogP contribution in [0.2, 0.25) is 0 Å². The van der Waals surface area contributed by atoms with Crippen molar-refractivity contribution in [3.8, 4) is 21.6 Å². The molecule has 4 saturated heterocycles. The molecule has 7 heterocycles. The summed E-state index contributed by atoms with van der Waals surface area (Å²) in [7, 11) is -3.49. The lowest BCUT2D eigenvalue weighted by molar-refractivity contribution is -0.144. The van der Waals surface area contributed by atoms with Gasteiger partial charge in [-0.15, -0.1) is 11.3 Å². The number of hydrogen-bond donors (Lipinski definition) is 5. The number of β-amino-alcohol motifs (C(OH)–C–C–N with tert-alkyl or cyclic N) is 1. The number of benzene rings is 3. The highest BCUT2D eigenvalue weighted by Gasteiger charge is 2.45. The van der Waals surface area contributed by atoms with Crippen molar-refractivity contribution in [2.24, 2.45) is 11.3 Å². The van der Waals surface area contributed by atoms with E-state index in [1.54, 1.807) is 23.6 Å². The van der Waals surface area contributed by atoms with E-state index in [4.69, 9.17) is 0 Å². The van der Waals surface area contributed by atoms with Crippen LogP contribution in [-0.2, 0) is 31.8 Å². The van der Waals surface area contributed by atoms with Crippen molar-refractivity contribution in [3.63, 3.8) is 0 Å². The summed E-state index contributed by atoms with van der Waals surface area (Å²) < 4.78 is 70.4. The first kappa shape index (κ1) is 54.8. The lowest BCUT2D eigenvalue weighted by Crippen LogP contribution is -2.60. The second-order valence-corrected chi connectivity index (χ2v) is 23.8. The SMILES string of the molecule is Cc1ncsc1-c1ccc(CNC(=O)[C@@H]2C[C@@H](O)CN2C(=O)[C@@H](NC(=O)CN2CC(CCN3CC(c4ccc(-c5cnc6[nH]cc(C(=O)c7c(F)ccc(N(N8CC[C@@H](F)C8)[SH](=O)=O)c7F)c6c5)cc4)C3)C2)C(C)(C)C)cc1. The van der Waals surface area contributed by atoms with Crippen molar-refractivity contribution in [3.05, 3.63) is 124 Å². The van der Waals surface area contributed by atoms with Crippen molar-refractivity contribution in [1.29, 1.82) is 0 Å². The Morgan fingerprint density at radius 1 is 0.923 bits per heavy atom. The number of thiol groups is 1. The number of ketones is 1. The molecule has 0 spiro atoms. The van der Waals surface area contributed by atoms with Crippen molar-refractivity contribution < 1.29 is 45.9 Å². The number of nitrogens with one attached hydrogen (secondary N) is 3. The summed E-state index contributed by atoms with van der Waals surface area (Å²) in [4.78, 5) is 73.7. The van der Waals surface area contributed by atoms with Gasteiger partial charge in [0.1, 0.15) is 35.4 Å². The molecule has 4 fully saturated rings. The van der Waals surface area contributed by atoms with Crippen LogP contribution < -0.4 is 15.0 Å². The number of carbonyl (C=O) groups excluding carboxylic acids is 4. The smallest absolute Gasteiger partial charge is 0.246 e. The molecule has 17 nitrogen and oxygen atoms in total. The molecule has 4 atom stereocenters. The fourth-order valence-corrected chi connectivity index (χ4v) is 12.6. The topological polar surface area (TPSA) is 204 Å². The summed E-state index contributed by atoms with van der Waals surface area (Å²) in [5.74, 6) is -3.83. The fraction of sp³-hybridized carbons (Fsp3) is 0.429. The average Bonchev–Trinajstić information content (AvgIpc) is 4.24. The standard InChI is InChI=1S/C56H63F3N10O7S2/c1-32-51(77-31-63-32)37-7-5-33(6-8-37)21-62-54(73)46-20-41(70)29-68(46)55(74)52(56(2,3)4)64-47(71)30-66-24-34(25-66)15-17-65-26-39(27-65)36-11-9-35(10-12-36)38-19-42-43(23-61-53(42)60-22-38)50(72)48-44(58)13-14-45(49(48)59)69(78(75)76)67-18-16-40(57)28-67/h5-14,19,22-23,31,34,39-41,46,52,70,78H,15-18,20-21,24-30H2,1-4H3,(H,60,61)(H,62,73)(H,64,71)/t40-,41-,46+,52-/m1/s1. The molecule has 3 aromatic heterocycles. The number of anilines is 1. The second kappa shape index (κ2) is 22.7. The number of aromatic nitrogens is 3. The van der Waals surface area contributed by atoms with E-state index in [1.807, 2.05) is 69.6 Å². The van der Waals surface area contributed by atoms with Crippen molar-refractivity contribution in [1.82, 2.24) is 45.3 Å². The first-order valence-corrected chi connectivity index (χ1v) is 28.2. The molecule has 0 radical (unpaired) electrons. The van der Waals surface area contributed by atoms with Gasteiger partial charge < -0.3 is 30.5 Å². The Morgan fingerprint density at radius 3 is 2.32 bits per heavy atom. The molecular formula is C56H63F3N10O7S2. The van der Waals surface area contributed by atoms with Gasteiger partial charge in [0.2, 0.25) is 34.4 Å². The number of likely N-dealkylation sites (tertiary alicyclic amines) is 3. The maximum absolute atomic E-state index is 16.1. The number of fused-ring (bicyclic) bond motifs is 1. The highest BCUT2D eigenvalue weighted by atomic mass is 32.2. The Labute approximate surface area is 455 Å². The molecule has 4 aliphatic rings. The molecule has 412 valence electrons. The lowest BCUT2D eigenvalue weighted by atomic mass is 9.85. The van der Waals surface area contributed by atoms with Crippen LogP contribution in [0.15, 0.2) is 84.6 Å². The quantitative estimate of drug-likeness (QED) is 0.0498. The molecular weight excluding hydrogens is 1050 g/mol. The minimum atomic E-state index is -3.49. The number of H-pyrrole nitrogens is 1. The van der Waals surface area contributed by atoms with Crippen LogP contribution in [0.3, 0.4) is 0 Å². The third-order valence-corrected chi connectivity index (χ3v) is 17.2. The number of hydrazine groups is 1. The number of rotatable bonds is 18. The highest BCUT2D eigenvalue weighted by Crippen LogP contribution is 2.35. The fourth-order valence-electron chi connectivity index (χ4n) is 11.1. The number of alkyl halides is 1. The van der Waals surface area contributed by atoms with E-state index in [0.29, 0.717) is 32.8 Å². The minimum Gasteiger partial charge on any atom is -0.391 e. The zero-order valence-corrected chi connectivity index (χ0v) is 45.5. The monoisotopic (exact) mass is 1110 g/mol. The van der Waals surface area contributed by atoms with Crippen molar-refractivity contribution in [2.45, 2.75) is 83.8 Å². The van der Waals surface area contributed by atoms with E-state index in [2.05, 4.69) is 47.5 Å². The molecule has 0 aliphatic carbocycles. The summed E-state index contributed by atoms with van der Waals surface area (Å²) in [6.07, 6.45) is 1.88. The molecule has 10 rings (SSSR count). The molecule has 0 bridgehead atoms. The molecule has 3 aromatic carbocycles. The number of nitrogens with zero attached hydrogens (tertiary/aromatic N) is 7. The largest absolute Gasteiger partial charge is 0.391 e. The number of aliphatic hydroxyl groups is 1. The maximum atomic E-state index is 16.1. The molecule has 22 heteroatoms. The summed E-state index contributed by atoms with van der Waals surface area (Å²) in [6, 6.07) is 17.6. The molecule has 0 saturated carbocycles. The van der Waals surface area contributed by atoms with E-state index in [0.717, 1.165) is 83.5 Å². The van der Waals surface area contributed by atoms with Gasteiger partial charge in [-0.3, -0.25) is 24.1 Å². The molecule has 78 heavy (non-hydrogen) atoms. The van der Waals surface area contributed by atoms with Gasteiger partial charge in [-0.2, -0.15) is 4.41 Å². The third-order valence-electron chi connectivity index (χ3n) is 15.5. The van der Waals surface area contributed by atoms with Crippen molar-refractivity contribution >= 4 is 62.5 Å². The first-order valence-electron chi connectivity index (χ1n) is 26.2. The van der Waals surface area contributed by atoms with Crippen LogP contribution in [0.25, 0.3) is 32.6 Å². The summed E-state index contributed by atoms with van der Waals surface area (Å²) in [5.41, 5.74) is 5.43. The Hall–Kier alpha value is -6.56. The van der Waals surface area contributed by atoms with E-state index in [-0.39, 0.29) is 62.9 Å². The normalized spacial score (nSPS) is 20.0. The van der Waals surface area contributed by atoms with Crippen LogP contribution in [0.1, 0.15) is 78.7 Å². The Kier molecular flexibility index (Phi) is 15.9. The van der Waals surface area contributed by atoms with Gasteiger partial charge in [0, 0.05) is 87.1 Å². The van der Waals surface area contributed by atoms with Gasteiger partial charge in [0.05, 0.1) is 40.8 Å². The Bertz CT molecular complexity index is 3290. The summed E-state index contributed by atoms with van der Waals surface area (Å²) in [6.45, 7) is 11.9. The Morgan fingerprint density at radius 2 is 1.65 bits per heavy atom. The van der Waals surface area contributed by atoms with Crippen LogP contribution in [0, 0.1) is 29.9 Å².